The van der Waals surface area contributed by atoms with Gasteiger partial charge in [-0.25, -0.2) is 4.98 Å². The fourth-order valence-corrected chi connectivity index (χ4v) is 4.30. The van der Waals surface area contributed by atoms with Crippen molar-refractivity contribution in [1.29, 1.82) is 0 Å². The Hall–Kier alpha value is -2.35. The molecule has 0 fully saturated rings. The van der Waals surface area contributed by atoms with Crippen molar-refractivity contribution in [3.05, 3.63) is 67.7 Å². The Labute approximate surface area is 165 Å². The third kappa shape index (κ3) is 3.12. The van der Waals surface area contributed by atoms with Crippen molar-refractivity contribution < 1.29 is 13.5 Å². The lowest BCUT2D eigenvalue weighted by atomic mass is 10.0. The van der Waals surface area contributed by atoms with E-state index in [-0.39, 0.29) is 5.75 Å². The summed E-state index contributed by atoms with van der Waals surface area (Å²) in [6, 6.07) is 9.15. The highest BCUT2D eigenvalue weighted by molar-refractivity contribution is 9.10. The summed E-state index contributed by atoms with van der Waals surface area (Å²) in [5.41, 5.74) is 10.9. The summed E-state index contributed by atoms with van der Waals surface area (Å²) in [6.45, 7) is -2.96. The molecule has 1 aliphatic heterocycles. The number of halogens is 4. The zero-order chi connectivity index (χ0) is 19.1. The molecule has 0 radical (unpaired) electrons. The van der Waals surface area contributed by atoms with Gasteiger partial charge in [0.05, 0.1) is 23.1 Å². The van der Waals surface area contributed by atoms with Crippen LogP contribution in [0.5, 0.6) is 5.75 Å². The summed E-state index contributed by atoms with van der Waals surface area (Å²) in [5.74, 6) is 0.620. The maximum atomic E-state index is 12.9. The molecule has 3 aromatic rings. The molecular weight excluding hydrogens is 444 g/mol. The Morgan fingerprint density at radius 1 is 1.37 bits per heavy atom. The molecule has 0 saturated heterocycles. The molecule has 6 nitrogen and oxygen atoms in total. The van der Waals surface area contributed by atoms with Gasteiger partial charge in [-0.2, -0.15) is 8.78 Å². The van der Waals surface area contributed by atoms with Crippen molar-refractivity contribution in [3.63, 3.8) is 0 Å². The molecule has 1 unspecified atom stereocenters. The monoisotopic (exact) mass is 453 g/mol. The number of azide groups is 1. The highest BCUT2D eigenvalue weighted by Crippen LogP contribution is 2.48. The minimum absolute atomic E-state index is 0.0563. The van der Waals surface area contributed by atoms with Crippen LogP contribution in [0, 0.1) is 0 Å². The summed E-state index contributed by atoms with van der Waals surface area (Å²) in [5, 5.41) is 4.36. The fourth-order valence-electron chi connectivity index (χ4n) is 3.52. The molecule has 0 amide bonds. The number of hydrogen-bond donors (Lipinski definition) is 0. The van der Waals surface area contributed by atoms with Gasteiger partial charge in [-0.05, 0) is 42.3 Å². The lowest BCUT2D eigenvalue weighted by Gasteiger charge is -2.20. The van der Waals surface area contributed by atoms with Crippen molar-refractivity contribution in [2.24, 2.45) is 5.11 Å². The smallest absolute Gasteiger partial charge is 0.387 e. The van der Waals surface area contributed by atoms with E-state index >= 15 is 0 Å². The van der Waals surface area contributed by atoms with Crippen LogP contribution in [-0.2, 0) is 0 Å². The van der Waals surface area contributed by atoms with Crippen molar-refractivity contribution in [1.82, 2.24) is 9.55 Å². The van der Waals surface area contributed by atoms with Crippen LogP contribution in [0.15, 0.2) is 46.0 Å². The molecule has 4 rings (SSSR count). The number of ether oxygens (including phenoxy) is 1. The topological polar surface area (TPSA) is 75.8 Å². The molecule has 138 valence electrons. The number of imidazole rings is 1. The fraction of sp³-hybridized carbons (Fsp3) is 0.235. The number of nitrogens with zero attached hydrogens (tertiary/aromatic N) is 5. The first-order valence-corrected chi connectivity index (χ1v) is 9.11. The number of benzene rings is 2. The average Bonchev–Trinajstić information content (AvgIpc) is 3.13. The Morgan fingerprint density at radius 2 is 2.19 bits per heavy atom. The second-order valence-corrected chi connectivity index (χ2v) is 7.27. The van der Waals surface area contributed by atoms with Gasteiger partial charge in [-0.15, -0.1) is 0 Å². The minimum Gasteiger partial charge on any atom is -0.434 e. The first-order chi connectivity index (χ1) is 13.0. The summed E-state index contributed by atoms with van der Waals surface area (Å²) < 4.78 is 33.1. The third-order valence-corrected chi connectivity index (χ3v) is 5.41. The number of fused-ring (bicyclic) bond motifs is 3. The number of hydrogen-bond acceptors (Lipinski definition) is 3. The summed E-state index contributed by atoms with van der Waals surface area (Å²) in [6.07, 6.45) is 0.372. The molecule has 27 heavy (non-hydrogen) atoms. The van der Waals surface area contributed by atoms with Crippen molar-refractivity contribution in [2.45, 2.75) is 25.1 Å². The molecule has 0 N–H and O–H groups in total. The van der Waals surface area contributed by atoms with E-state index in [1.54, 1.807) is 30.3 Å². The molecule has 2 atom stereocenters. The van der Waals surface area contributed by atoms with Gasteiger partial charge in [0.1, 0.15) is 11.6 Å². The van der Waals surface area contributed by atoms with Crippen LogP contribution in [-0.4, -0.2) is 16.2 Å². The second-order valence-electron chi connectivity index (χ2n) is 5.98. The first kappa shape index (κ1) is 18.0. The van der Waals surface area contributed by atoms with E-state index in [0.717, 1.165) is 5.52 Å². The van der Waals surface area contributed by atoms with Crippen LogP contribution in [0.3, 0.4) is 0 Å². The van der Waals surface area contributed by atoms with E-state index in [1.165, 1.54) is 6.07 Å². The molecular formula is C17H11BrClF2N5O. The maximum Gasteiger partial charge on any atom is 0.387 e. The van der Waals surface area contributed by atoms with E-state index in [1.807, 2.05) is 4.57 Å². The standard InChI is InChI=1S/C17H11BrClF2N5O/c18-9-2-1-3-14(27-17(20)21)15(9)13-7-11(24-25-22)16-23-10-5-4-8(19)6-12(10)26(13)16/h1-6,11,13,17H,7H2/t11?,13-/m1/s1. The largest absolute Gasteiger partial charge is 0.434 e. The van der Waals surface area contributed by atoms with Gasteiger partial charge in [0.25, 0.3) is 0 Å². The molecule has 0 saturated carbocycles. The molecule has 0 bridgehead atoms. The Kier molecular flexibility index (Phi) is 4.67. The maximum absolute atomic E-state index is 12.9. The van der Waals surface area contributed by atoms with Crippen LogP contribution >= 0.6 is 27.5 Å². The molecule has 1 aliphatic rings. The Bertz CT molecular complexity index is 1080. The predicted molar refractivity (Wildman–Crippen MR) is 100 cm³/mol. The molecule has 2 aromatic carbocycles. The number of alkyl halides is 2. The molecule has 1 aromatic heterocycles. The van der Waals surface area contributed by atoms with Gasteiger partial charge in [-0.1, -0.05) is 38.7 Å². The molecule has 2 heterocycles. The number of rotatable bonds is 4. The predicted octanol–water partition coefficient (Wildman–Crippen LogP) is 6.40. The Balaban J connectivity index is 1.96. The lowest BCUT2D eigenvalue weighted by molar-refractivity contribution is -0.0507. The number of aromatic nitrogens is 2. The quantitative estimate of drug-likeness (QED) is 0.260. The summed E-state index contributed by atoms with van der Waals surface area (Å²) in [4.78, 5) is 7.47. The van der Waals surface area contributed by atoms with Crippen LogP contribution in [0.4, 0.5) is 8.78 Å². The van der Waals surface area contributed by atoms with Gasteiger partial charge >= 0.3 is 6.61 Å². The van der Waals surface area contributed by atoms with E-state index in [4.69, 9.17) is 21.9 Å². The van der Waals surface area contributed by atoms with Crippen molar-refractivity contribution >= 4 is 38.6 Å². The third-order valence-electron chi connectivity index (χ3n) is 4.49. The van der Waals surface area contributed by atoms with E-state index in [0.29, 0.717) is 32.8 Å². The molecule has 10 heteroatoms. The SMILES string of the molecule is [N-]=[N+]=NC1C[C@H](c2c(Br)cccc2OC(F)F)n2c1nc1ccc(Cl)cc12. The van der Waals surface area contributed by atoms with Crippen molar-refractivity contribution in [2.75, 3.05) is 0 Å². The zero-order valence-electron chi connectivity index (χ0n) is 13.6. The summed E-state index contributed by atoms with van der Waals surface area (Å²) in [7, 11) is 0. The van der Waals surface area contributed by atoms with Crippen LogP contribution < -0.4 is 4.74 Å². The minimum atomic E-state index is -2.96. The van der Waals surface area contributed by atoms with Gasteiger partial charge in [0.15, 0.2) is 0 Å². The van der Waals surface area contributed by atoms with E-state index < -0.39 is 18.7 Å². The van der Waals surface area contributed by atoms with Crippen LogP contribution in [0.1, 0.15) is 29.9 Å². The average molecular weight is 455 g/mol. The molecule has 0 aliphatic carbocycles. The van der Waals surface area contributed by atoms with Crippen molar-refractivity contribution in [3.8, 4) is 5.75 Å². The van der Waals surface area contributed by atoms with Crippen LogP contribution in [0.25, 0.3) is 21.5 Å². The van der Waals surface area contributed by atoms with Crippen LogP contribution in [0.2, 0.25) is 5.02 Å². The second kappa shape index (κ2) is 6.99. The van der Waals surface area contributed by atoms with Gasteiger partial charge in [0.2, 0.25) is 0 Å². The van der Waals surface area contributed by atoms with Gasteiger partial charge < -0.3 is 9.30 Å². The van der Waals surface area contributed by atoms with E-state index in [9.17, 15) is 8.78 Å². The normalized spacial score (nSPS) is 18.6. The highest BCUT2D eigenvalue weighted by Gasteiger charge is 2.37. The van der Waals surface area contributed by atoms with Gasteiger partial charge in [0, 0.05) is 20.0 Å². The lowest BCUT2D eigenvalue weighted by Crippen LogP contribution is -2.11. The first-order valence-electron chi connectivity index (χ1n) is 7.94. The molecule has 0 spiro atoms. The van der Waals surface area contributed by atoms with E-state index in [2.05, 4.69) is 30.9 Å². The van der Waals surface area contributed by atoms with Gasteiger partial charge in [-0.3, -0.25) is 0 Å². The zero-order valence-corrected chi connectivity index (χ0v) is 15.9. The Morgan fingerprint density at radius 3 is 2.93 bits per heavy atom. The highest BCUT2D eigenvalue weighted by atomic mass is 79.9. The summed E-state index contributed by atoms with van der Waals surface area (Å²) >= 11 is 9.58.